The van der Waals surface area contributed by atoms with Gasteiger partial charge in [-0.2, -0.15) is 13.2 Å². The third kappa shape index (κ3) is 3.54. The van der Waals surface area contributed by atoms with Crippen molar-refractivity contribution in [2.45, 2.75) is 6.18 Å². The maximum Gasteiger partial charge on any atom is 0.433 e. The van der Waals surface area contributed by atoms with Gasteiger partial charge in [0.25, 0.3) is 0 Å². The summed E-state index contributed by atoms with van der Waals surface area (Å²) in [5, 5.41) is 8.82. The van der Waals surface area contributed by atoms with Gasteiger partial charge in [0.05, 0.1) is 6.61 Å². The van der Waals surface area contributed by atoms with Gasteiger partial charge in [0, 0.05) is 38.9 Å². The Kier molecular flexibility index (Phi) is 4.20. The summed E-state index contributed by atoms with van der Waals surface area (Å²) in [6.45, 7) is 3.14. The maximum atomic E-state index is 12.6. The number of β-amino-alcohol motifs (C(OH)–C–C–N with tert-alkyl or cyclic N) is 1. The molecule has 0 unspecified atom stereocenters. The minimum absolute atomic E-state index is 0.0834. The highest BCUT2D eigenvalue weighted by Gasteiger charge is 2.33. The molecule has 106 valence electrons. The highest BCUT2D eigenvalue weighted by atomic mass is 19.4. The van der Waals surface area contributed by atoms with Gasteiger partial charge in [-0.15, -0.1) is 0 Å². The zero-order valence-electron chi connectivity index (χ0n) is 10.3. The van der Waals surface area contributed by atoms with Crippen LogP contribution in [0.25, 0.3) is 0 Å². The molecule has 0 spiro atoms. The largest absolute Gasteiger partial charge is 0.433 e. The molecule has 1 N–H and O–H groups in total. The third-order valence-corrected chi connectivity index (χ3v) is 3.00. The van der Waals surface area contributed by atoms with Crippen LogP contribution >= 0.6 is 0 Å². The molecule has 19 heavy (non-hydrogen) atoms. The van der Waals surface area contributed by atoms with Crippen LogP contribution in [0.5, 0.6) is 0 Å². The van der Waals surface area contributed by atoms with Crippen LogP contribution in [0.3, 0.4) is 0 Å². The molecule has 5 nitrogen and oxygen atoms in total. The first-order valence-corrected chi connectivity index (χ1v) is 5.99. The molecule has 2 rings (SSSR count). The van der Waals surface area contributed by atoms with Gasteiger partial charge in [0.1, 0.15) is 5.69 Å². The van der Waals surface area contributed by atoms with Gasteiger partial charge in [-0.05, 0) is 6.07 Å². The van der Waals surface area contributed by atoms with Gasteiger partial charge < -0.3 is 10.0 Å². The van der Waals surface area contributed by atoms with E-state index in [1.165, 1.54) is 0 Å². The molecule has 2 heterocycles. The van der Waals surface area contributed by atoms with Gasteiger partial charge >= 0.3 is 6.18 Å². The van der Waals surface area contributed by atoms with Crippen molar-refractivity contribution in [3.05, 3.63) is 18.0 Å². The van der Waals surface area contributed by atoms with Crippen molar-refractivity contribution in [3.8, 4) is 0 Å². The smallest absolute Gasteiger partial charge is 0.395 e. The Morgan fingerprint density at radius 2 is 1.89 bits per heavy atom. The van der Waals surface area contributed by atoms with Crippen LogP contribution < -0.4 is 4.90 Å². The zero-order valence-corrected chi connectivity index (χ0v) is 10.3. The lowest BCUT2D eigenvalue weighted by Gasteiger charge is -2.34. The molecule has 1 fully saturated rings. The number of aromatic nitrogens is 2. The summed E-state index contributed by atoms with van der Waals surface area (Å²) < 4.78 is 37.7. The first kappa shape index (κ1) is 14.0. The van der Waals surface area contributed by atoms with Crippen LogP contribution in [0.15, 0.2) is 12.3 Å². The molecule has 0 amide bonds. The number of halogens is 3. The minimum atomic E-state index is -4.45. The average Bonchev–Trinajstić information content (AvgIpc) is 2.39. The van der Waals surface area contributed by atoms with Crippen molar-refractivity contribution in [1.82, 2.24) is 14.9 Å². The van der Waals surface area contributed by atoms with Crippen LogP contribution in [0.2, 0.25) is 0 Å². The van der Waals surface area contributed by atoms with Crippen molar-refractivity contribution in [3.63, 3.8) is 0 Å². The number of anilines is 1. The topological polar surface area (TPSA) is 52.5 Å². The van der Waals surface area contributed by atoms with Crippen LogP contribution in [0.1, 0.15) is 5.69 Å². The highest BCUT2D eigenvalue weighted by molar-refractivity contribution is 5.31. The number of aliphatic hydroxyl groups excluding tert-OH is 1. The molecule has 0 saturated carbocycles. The minimum Gasteiger partial charge on any atom is -0.395 e. The Morgan fingerprint density at radius 3 is 2.47 bits per heavy atom. The van der Waals surface area contributed by atoms with Gasteiger partial charge in [-0.3, -0.25) is 4.90 Å². The lowest BCUT2D eigenvalue weighted by Crippen LogP contribution is -2.47. The molecule has 1 aliphatic heterocycles. The molecule has 1 saturated heterocycles. The normalized spacial score (nSPS) is 17.8. The summed E-state index contributed by atoms with van der Waals surface area (Å²) >= 11 is 0. The Labute approximate surface area is 108 Å². The van der Waals surface area contributed by atoms with Gasteiger partial charge in [0.15, 0.2) is 0 Å². The van der Waals surface area contributed by atoms with Crippen LogP contribution in [0.4, 0.5) is 19.1 Å². The molecular weight excluding hydrogens is 261 g/mol. The second-order valence-electron chi connectivity index (χ2n) is 4.29. The summed E-state index contributed by atoms with van der Waals surface area (Å²) in [4.78, 5) is 11.2. The first-order valence-electron chi connectivity index (χ1n) is 5.99. The highest BCUT2D eigenvalue weighted by Crippen LogP contribution is 2.28. The number of alkyl halides is 3. The summed E-state index contributed by atoms with van der Waals surface area (Å²) in [5.41, 5.74) is -0.921. The fourth-order valence-electron chi connectivity index (χ4n) is 1.97. The van der Waals surface area contributed by atoms with Gasteiger partial charge in [-0.25, -0.2) is 9.97 Å². The number of aliphatic hydroxyl groups is 1. The third-order valence-electron chi connectivity index (χ3n) is 3.00. The molecule has 0 bridgehead atoms. The lowest BCUT2D eigenvalue weighted by atomic mass is 10.3. The number of rotatable bonds is 3. The van der Waals surface area contributed by atoms with E-state index in [9.17, 15) is 13.2 Å². The molecule has 0 aromatic carbocycles. The maximum absolute atomic E-state index is 12.6. The predicted molar refractivity (Wildman–Crippen MR) is 62.8 cm³/mol. The van der Waals surface area contributed by atoms with E-state index in [1.807, 2.05) is 4.90 Å². The van der Waals surface area contributed by atoms with Crippen LogP contribution in [0, 0.1) is 0 Å². The second-order valence-corrected chi connectivity index (χ2v) is 4.29. The van der Waals surface area contributed by atoms with Crippen molar-refractivity contribution >= 4 is 5.95 Å². The van der Waals surface area contributed by atoms with E-state index in [1.54, 1.807) is 4.90 Å². The van der Waals surface area contributed by atoms with E-state index in [0.29, 0.717) is 32.7 Å². The Balaban J connectivity index is 2.03. The van der Waals surface area contributed by atoms with Crippen molar-refractivity contribution < 1.29 is 18.3 Å². The molecule has 0 atom stereocenters. The standard InChI is InChI=1S/C11H15F3N4O/c12-11(13,14)9-1-2-15-10(16-9)18-5-3-17(4-6-18)7-8-19/h1-2,19H,3-8H2. The Bertz CT molecular complexity index is 419. The monoisotopic (exact) mass is 276 g/mol. The van der Waals surface area contributed by atoms with E-state index >= 15 is 0 Å². The molecule has 0 radical (unpaired) electrons. The first-order chi connectivity index (χ1) is 9.00. The summed E-state index contributed by atoms with van der Waals surface area (Å²) in [5.74, 6) is 0.110. The Morgan fingerprint density at radius 1 is 1.21 bits per heavy atom. The Hall–Kier alpha value is -1.41. The summed E-state index contributed by atoms with van der Waals surface area (Å²) in [7, 11) is 0. The van der Waals surface area contributed by atoms with Gasteiger partial charge in [-0.1, -0.05) is 0 Å². The molecule has 1 aromatic rings. The van der Waals surface area contributed by atoms with E-state index in [4.69, 9.17) is 5.11 Å². The quantitative estimate of drug-likeness (QED) is 0.876. The molecule has 8 heteroatoms. The fraction of sp³-hybridized carbons (Fsp3) is 0.636. The number of hydrogen-bond donors (Lipinski definition) is 1. The van der Waals surface area contributed by atoms with Crippen molar-refractivity contribution in [2.24, 2.45) is 0 Å². The SMILES string of the molecule is OCCN1CCN(c2nccc(C(F)(F)F)n2)CC1. The molecule has 1 aliphatic rings. The molecular formula is C11H15F3N4O. The van der Waals surface area contributed by atoms with E-state index in [-0.39, 0.29) is 12.6 Å². The van der Waals surface area contributed by atoms with Crippen molar-refractivity contribution in [2.75, 3.05) is 44.2 Å². The number of piperazine rings is 1. The average molecular weight is 276 g/mol. The lowest BCUT2D eigenvalue weighted by molar-refractivity contribution is -0.141. The van der Waals surface area contributed by atoms with E-state index in [2.05, 4.69) is 9.97 Å². The van der Waals surface area contributed by atoms with Gasteiger partial charge in [0.2, 0.25) is 5.95 Å². The number of hydrogen-bond acceptors (Lipinski definition) is 5. The zero-order chi connectivity index (χ0) is 13.9. The summed E-state index contributed by atoms with van der Waals surface area (Å²) in [6, 6.07) is 0.867. The predicted octanol–water partition coefficient (Wildman–Crippen LogP) is 0.610. The fourth-order valence-corrected chi connectivity index (χ4v) is 1.97. The molecule has 0 aliphatic carbocycles. The van der Waals surface area contributed by atoms with E-state index < -0.39 is 11.9 Å². The summed E-state index contributed by atoms with van der Waals surface area (Å²) in [6.07, 6.45) is -3.32. The van der Waals surface area contributed by atoms with Crippen LogP contribution in [-0.4, -0.2) is 59.3 Å². The van der Waals surface area contributed by atoms with Crippen LogP contribution in [-0.2, 0) is 6.18 Å². The molecule has 1 aromatic heterocycles. The number of nitrogens with zero attached hydrogens (tertiary/aromatic N) is 4. The van der Waals surface area contributed by atoms with Crippen molar-refractivity contribution in [1.29, 1.82) is 0 Å². The second kappa shape index (κ2) is 5.70. The van der Waals surface area contributed by atoms with E-state index in [0.717, 1.165) is 12.3 Å².